The van der Waals surface area contributed by atoms with Crippen molar-refractivity contribution in [3.63, 3.8) is 0 Å². The zero-order chi connectivity index (χ0) is 15.5. The molecule has 3 nitrogen and oxygen atoms in total. The molecule has 0 aromatic heterocycles. The minimum absolute atomic E-state index is 0.333. The van der Waals surface area contributed by atoms with Crippen LogP contribution in [-0.2, 0) is 4.74 Å². The first-order valence-corrected chi connectivity index (χ1v) is 8.93. The predicted octanol–water partition coefficient (Wildman–Crippen LogP) is 3.15. The average Bonchev–Trinajstić information content (AvgIpc) is 3.20. The second-order valence-electron chi connectivity index (χ2n) is 8.52. The van der Waals surface area contributed by atoms with Gasteiger partial charge in [-0.25, -0.2) is 0 Å². The van der Waals surface area contributed by atoms with Gasteiger partial charge < -0.3 is 10.1 Å². The summed E-state index contributed by atoms with van der Waals surface area (Å²) in [6.07, 6.45) is 4.03. The summed E-state index contributed by atoms with van der Waals surface area (Å²) in [5.41, 5.74) is 0.333. The standard InChI is InChI=1S/C18H36N2O/c1-14(2)8-10-21-11-9-20-13-16(15-6-7-15)19-12-17(20)18(3,4)5/h14-17,19H,6-13H2,1-5H3. The first kappa shape index (κ1) is 17.2. The van der Waals surface area contributed by atoms with Crippen LogP contribution >= 0.6 is 0 Å². The van der Waals surface area contributed by atoms with Crippen molar-refractivity contribution >= 4 is 0 Å². The number of rotatable bonds is 7. The van der Waals surface area contributed by atoms with Crippen LogP contribution in [0.2, 0.25) is 0 Å². The van der Waals surface area contributed by atoms with E-state index in [9.17, 15) is 0 Å². The van der Waals surface area contributed by atoms with Crippen LogP contribution in [0, 0.1) is 17.3 Å². The summed E-state index contributed by atoms with van der Waals surface area (Å²) in [6.45, 7) is 16.8. The summed E-state index contributed by atoms with van der Waals surface area (Å²) in [4.78, 5) is 2.69. The van der Waals surface area contributed by atoms with Gasteiger partial charge in [0.2, 0.25) is 0 Å². The fraction of sp³-hybridized carbons (Fsp3) is 1.00. The van der Waals surface area contributed by atoms with Crippen LogP contribution in [0.15, 0.2) is 0 Å². The van der Waals surface area contributed by atoms with Crippen molar-refractivity contribution in [1.29, 1.82) is 0 Å². The normalized spacial score (nSPS) is 28.3. The Morgan fingerprint density at radius 2 is 1.90 bits per heavy atom. The van der Waals surface area contributed by atoms with Crippen LogP contribution in [0.1, 0.15) is 53.9 Å². The maximum Gasteiger partial charge on any atom is 0.0593 e. The Labute approximate surface area is 131 Å². The minimum atomic E-state index is 0.333. The van der Waals surface area contributed by atoms with Gasteiger partial charge in [0.25, 0.3) is 0 Å². The van der Waals surface area contributed by atoms with E-state index in [1.165, 1.54) is 25.8 Å². The van der Waals surface area contributed by atoms with Crippen molar-refractivity contribution in [3.8, 4) is 0 Å². The Balaban J connectivity index is 1.78. The molecule has 0 aromatic rings. The average molecular weight is 296 g/mol. The van der Waals surface area contributed by atoms with E-state index in [1.807, 2.05) is 0 Å². The molecular weight excluding hydrogens is 260 g/mol. The van der Waals surface area contributed by atoms with Crippen molar-refractivity contribution in [2.75, 3.05) is 32.8 Å². The maximum atomic E-state index is 5.86. The highest BCUT2D eigenvalue weighted by atomic mass is 16.5. The molecule has 0 bridgehead atoms. The molecule has 124 valence electrons. The zero-order valence-corrected chi connectivity index (χ0v) is 14.8. The lowest BCUT2D eigenvalue weighted by molar-refractivity contribution is 0.0203. The molecule has 2 rings (SSSR count). The van der Waals surface area contributed by atoms with Crippen LogP contribution in [0.4, 0.5) is 0 Å². The van der Waals surface area contributed by atoms with Gasteiger partial charge in [-0.3, -0.25) is 4.90 Å². The van der Waals surface area contributed by atoms with Crippen molar-refractivity contribution < 1.29 is 4.74 Å². The molecular formula is C18H36N2O. The van der Waals surface area contributed by atoms with E-state index < -0.39 is 0 Å². The smallest absolute Gasteiger partial charge is 0.0593 e. The quantitative estimate of drug-likeness (QED) is 0.730. The molecule has 1 saturated carbocycles. The summed E-state index contributed by atoms with van der Waals surface area (Å²) in [7, 11) is 0. The van der Waals surface area contributed by atoms with Crippen molar-refractivity contribution in [2.24, 2.45) is 17.3 Å². The minimum Gasteiger partial charge on any atom is -0.380 e. The SMILES string of the molecule is CC(C)CCOCCN1CC(C2CC2)NCC1C(C)(C)C. The molecule has 0 amide bonds. The molecule has 2 atom stereocenters. The number of piperazine rings is 1. The zero-order valence-electron chi connectivity index (χ0n) is 14.8. The van der Waals surface area contributed by atoms with E-state index in [-0.39, 0.29) is 0 Å². The van der Waals surface area contributed by atoms with Crippen molar-refractivity contribution in [2.45, 2.75) is 66.0 Å². The molecule has 1 aliphatic carbocycles. The Bertz CT molecular complexity index is 307. The van der Waals surface area contributed by atoms with Gasteiger partial charge >= 0.3 is 0 Å². The number of hydrogen-bond donors (Lipinski definition) is 1. The van der Waals surface area contributed by atoms with Gasteiger partial charge in [-0.05, 0) is 36.5 Å². The molecule has 2 unspecified atom stereocenters. The van der Waals surface area contributed by atoms with Crippen molar-refractivity contribution in [1.82, 2.24) is 10.2 Å². The lowest BCUT2D eigenvalue weighted by atomic mass is 9.83. The van der Waals surface area contributed by atoms with Gasteiger partial charge in [-0.1, -0.05) is 34.6 Å². The lowest BCUT2D eigenvalue weighted by Crippen LogP contribution is -2.61. The summed E-state index contributed by atoms with van der Waals surface area (Å²) in [5.74, 6) is 1.68. The fourth-order valence-corrected chi connectivity index (χ4v) is 3.35. The van der Waals surface area contributed by atoms with Crippen LogP contribution in [0.5, 0.6) is 0 Å². The highest BCUT2D eigenvalue weighted by Gasteiger charge is 2.40. The Morgan fingerprint density at radius 3 is 2.48 bits per heavy atom. The number of nitrogens with zero attached hydrogens (tertiary/aromatic N) is 1. The van der Waals surface area contributed by atoms with Crippen LogP contribution in [0.25, 0.3) is 0 Å². The van der Waals surface area contributed by atoms with Crippen LogP contribution < -0.4 is 5.32 Å². The van der Waals surface area contributed by atoms with Gasteiger partial charge in [-0.2, -0.15) is 0 Å². The number of hydrogen-bond acceptors (Lipinski definition) is 3. The highest BCUT2D eigenvalue weighted by molar-refractivity contribution is 4.97. The first-order valence-electron chi connectivity index (χ1n) is 8.93. The van der Waals surface area contributed by atoms with E-state index in [0.29, 0.717) is 11.5 Å². The van der Waals surface area contributed by atoms with Gasteiger partial charge in [0.15, 0.2) is 0 Å². The second kappa shape index (κ2) is 7.43. The largest absolute Gasteiger partial charge is 0.380 e. The van der Waals surface area contributed by atoms with Gasteiger partial charge in [0, 0.05) is 38.3 Å². The molecule has 1 heterocycles. The highest BCUT2D eigenvalue weighted by Crippen LogP contribution is 2.36. The Hall–Kier alpha value is -0.120. The molecule has 0 radical (unpaired) electrons. The number of ether oxygens (including phenoxy) is 1. The Morgan fingerprint density at radius 1 is 1.19 bits per heavy atom. The fourth-order valence-electron chi connectivity index (χ4n) is 3.35. The second-order valence-corrected chi connectivity index (χ2v) is 8.52. The number of nitrogens with one attached hydrogen (secondary N) is 1. The summed E-state index contributed by atoms with van der Waals surface area (Å²) < 4.78 is 5.86. The molecule has 0 spiro atoms. The van der Waals surface area contributed by atoms with Crippen LogP contribution in [-0.4, -0.2) is 49.8 Å². The molecule has 2 fully saturated rings. The summed E-state index contributed by atoms with van der Waals surface area (Å²) in [5, 5.41) is 3.80. The van der Waals surface area contributed by atoms with E-state index in [0.717, 1.165) is 44.2 Å². The van der Waals surface area contributed by atoms with Gasteiger partial charge in [0.1, 0.15) is 0 Å². The summed E-state index contributed by atoms with van der Waals surface area (Å²) in [6, 6.07) is 1.35. The Kier molecular flexibility index (Phi) is 6.10. The first-order chi connectivity index (χ1) is 9.88. The third kappa shape index (κ3) is 5.54. The van der Waals surface area contributed by atoms with Gasteiger partial charge in [0.05, 0.1) is 6.61 Å². The monoisotopic (exact) mass is 296 g/mol. The third-order valence-corrected chi connectivity index (χ3v) is 5.00. The third-order valence-electron chi connectivity index (χ3n) is 5.00. The molecule has 3 heteroatoms. The summed E-state index contributed by atoms with van der Waals surface area (Å²) >= 11 is 0. The van der Waals surface area contributed by atoms with Gasteiger partial charge in [-0.15, -0.1) is 0 Å². The molecule has 2 aliphatic rings. The topological polar surface area (TPSA) is 24.5 Å². The molecule has 1 saturated heterocycles. The van der Waals surface area contributed by atoms with E-state index in [2.05, 4.69) is 44.8 Å². The van der Waals surface area contributed by atoms with E-state index in [1.54, 1.807) is 0 Å². The molecule has 1 aliphatic heterocycles. The lowest BCUT2D eigenvalue weighted by Gasteiger charge is -2.46. The molecule has 21 heavy (non-hydrogen) atoms. The van der Waals surface area contributed by atoms with E-state index in [4.69, 9.17) is 4.74 Å². The maximum absolute atomic E-state index is 5.86. The van der Waals surface area contributed by atoms with Crippen molar-refractivity contribution in [3.05, 3.63) is 0 Å². The molecule has 1 N–H and O–H groups in total. The predicted molar refractivity (Wildman–Crippen MR) is 89.6 cm³/mol. The molecule has 0 aromatic carbocycles. The van der Waals surface area contributed by atoms with E-state index >= 15 is 0 Å². The van der Waals surface area contributed by atoms with Crippen LogP contribution in [0.3, 0.4) is 0 Å².